The largest absolute Gasteiger partial charge is 0.480 e. The second-order valence-electron chi connectivity index (χ2n) is 4.29. The third-order valence-electron chi connectivity index (χ3n) is 2.86. The van der Waals surface area contributed by atoms with Gasteiger partial charge in [-0.1, -0.05) is 35.9 Å². The number of rotatable bonds is 5. The van der Waals surface area contributed by atoms with Crippen LogP contribution in [0, 0.1) is 5.82 Å². The number of anilines is 1. The van der Waals surface area contributed by atoms with E-state index in [0.29, 0.717) is 11.3 Å². The van der Waals surface area contributed by atoms with Crippen molar-refractivity contribution in [3.63, 3.8) is 0 Å². The van der Waals surface area contributed by atoms with Crippen LogP contribution in [0.15, 0.2) is 48.5 Å². The first-order chi connectivity index (χ1) is 9.58. The van der Waals surface area contributed by atoms with Crippen LogP contribution in [0.1, 0.15) is 5.56 Å². The highest BCUT2D eigenvalue weighted by Gasteiger charge is 2.15. The second-order valence-corrected chi connectivity index (χ2v) is 4.69. The summed E-state index contributed by atoms with van der Waals surface area (Å²) in [5.41, 5.74) is 0.994. The summed E-state index contributed by atoms with van der Waals surface area (Å²) in [6.45, 7) is -0.128. The first kappa shape index (κ1) is 14.3. The minimum absolute atomic E-state index is 0.0990. The lowest BCUT2D eigenvalue weighted by atomic mass is 10.1. The Morgan fingerprint density at radius 2 is 1.85 bits per heavy atom. The van der Waals surface area contributed by atoms with Gasteiger partial charge in [-0.05, 0) is 24.3 Å². The standard InChI is InChI=1S/C15H13ClFNO2/c16-13-7-4-8-14(17)12(13)9-18(10-15(19)20)11-5-2-1-3-6-11/h1-8H,9-10H2,(H,19,20). The monoisotopic (exact) mass is 293 g/mol. The molecule has 0 aliphatic carbocycles. The van der Waals surface area contributed by atoms with Crippen LogP contribution in [0.25, 0.3) is 0 Å². The highest BCUT2D eigenvalue weighted by Crippen LogP contribution is 2.23. The fraction of sp³-hybridized carbons (Fsp3) is 0.133. The van der Waals surface area contributed by atoms with Crippen molar-refractivity contribution < 1.29 is 14.3 Å². The Balaban J connectivity index is 2.31. The zero-order valence-corrected chi connectivity index (χ0v) is 11.3. The van der Waals surface area contributed by atoms with Crippen LogP contribution in [0.2, 0.25) is 5.02 Å². The summed E-state index contributed by atoms with van der Waals surface area (Å²) in [5, 5.41) is 9.28. The molecule has 2 aromatic carbocycles. The average Bonchev–Trinajstić information content (AvgIpc) is 2.42. The quantitative estimate of drug-likeness (QED) is 0.916. The van der Waals surface area contributed by atoms with Crippen molar-refractivity contribution in [3.8, 4) is 0 Å². The number of benzene rings is 2. The predicted octanol–water partition coefficient (Wildman–Crippen LogP) is 3.57. The van der Waals surface area contributed by atoms with E-state index in [1.54, 1.807) is 35.2 Å². The highest BCUT2D eigenvalue weighted by molar-refractivity contribution is 6.31. The SMILES string of the molecule is O=C(O)CN(Cc1c(F)cccc1Cl)c1ccccc1. The van der Waals surface area contributed by atoms with Crippen LogP contribution in [-0.2, 0) is 11.3 Å². The molecule has 2 aromatic rings. The van der Waals surface area contributed by atoms with E-state index < -0.39 is 11.8 Å². The van der Waals surface area contributed by atoms with Gasteiger partial charge in [-0.2, -0.15) is 0 Å². The third kappa shape index (κ3) is 3.48. The molecule has 5 heteroatoms. The van der Waals surface area contributed by atoms with Gasteiger partial charge in [-0.3, -0.25) is 4.79 Å². The van der Waals surface area contributed by atoms with E-state index in [1.807, 2.05) is 6.07 Å². The summed E-state index contributed by atoms with van der Waals surface area (Å²) in [7, 11) is 0. The Morgan fingerprint density at radius 1 is 1.15 bits per heavy atom. The van der Waals surface area contributed by atoms with Crippen molar-refractivity contribution in [2.24, 2.45) is 0 Å². The van der Waals surface area contributed by atoms with Gasteiger partial charge >= 0.3 is 5.97 Å². The van der Waals surface area contributed by atoms with Crippen LogP contribution < -0.4 is 4.90 Å². The number of hydrogen-bond donors (Lipinski definition) is 1. The van der Waals surface area contributed by atoms with Gasteiger partial charge in [-0.15, -0.1) is 0 Å². The van der Waals surface area contributed by atoms with Gasteiger partial charge in [0.1, 0.15) is 12.4 Å². The van der Waals surface area contributed by atoms with Crippen LogP contribution in [0.5, 0.6) is 0 Å². The molecule has 0 aromatic heterocycles. The molecule has 0 radical (unpaired) electrons. The van der Waals surface area contributed by atoms with E-state index in [1.165, 1.54) is 12.1 Å². The van der Waals surface area contributed by atoms with Crippen molar-refractivity contribution in [2.45, 2.75) is 6.54 Å². The van der Waals surface area contributed by atoms with E-state index in [4.69, 9.17) is 16.7 Å². The molecule has 0 fully saturated rings. The molecule has 0 aliphatic heterocycles. The molecule has 0 bridgehead atoms. The number of carbonyl (C=O) groups is 1. The molecular weight excluding hydrogens is 281 g/mol. The predicted molar refractivity (Wildman–Crippen MR) is 76.5 cm³/mol. The zero-order valence-electron chi connectivity index (χ0n) is 10.6. The molecule has 0 atom stereocenters. The van der Waals surface area contributed by atoms with Gasteiger partial charge in [0.15, 0.2) is 0 Å². The lowest BCUT2D eigenvalue weighted by molar-refractivity contribution is -0.135. The van der Waals surface area contributed by atoms with E-state index in [0.717, 1.165) is 0 Å². The molecule has 1 N–H and O–H groups in total. The van der Waals surface area contributed by atoms with Gasteiger partial charge in [0.2, 0.25) is 0 Å². The Morgan fingerprint density at radius 3 is 2.45 bits per heavy atom. The number of carboxylic acid groups (broad SMARTS) is 1. The summed E-state index contributed by atoms with van der Waals surface area (Å²) in [5.74, 6) is -1.43. The normalized spacial score (nSPS) is 10.3. The number of halogens is 2. The van der Waals surface area contributed by atoms with E-state index >= 15 is 0 Å². The summed E-state index contributed by atoms with van der Waals surface area (Å²) in [6, 6.07) is 13.4. The second kappa shape index (κ2) is 6.39. The van der Waals surface area contributed by atoms with Gasteiger partial charge in [0.25, 0.3) is 0 Å². The van der Waals surface area contributed by atoms with Crippen LogP contribution in [-0.4, -0.2) is 17.6 Å². The van der Waals surface area contributed by atoms with Crippen molar-refractivity contribution in [3.05, 3.63) is 64.9 Å². The number of para-hydroxylation sites is 1. The van der Waals surface area contributed by atoms with Crippen molar-refractivity contribution >= 4 is 23.3 Å². The number of nitrogens with zero attached hydrogens (tertiary/aromatic N) is 1. The molecule has 104 valence electrons. The van der Waals surface area contributed by atoms with Crippen LogP contribution in [0.3, 0.4) is 0 Å². The first-order valence-electron chi connectivity index (χ1n) is 6.02. The molecule has 0 unspecified atom stereocenters. The molecule has 0 amide bonds. The maximum absolute atomic E-state index is 13.8. The molecule has 0 saturated carbocycles. The molecular formula is C15H13ClFNO2. The summed E-state index contributed by atoms with van der Waals surface area (Å²) < 4.78 is 13.8. The lowest BCUT2D eigenvalue weighted by Crippen LogP contribution is -2.29. The number of hydrogen-bond acceptors (Lipinski definition) is 2. The Bertz CT molecular complexity index is 584. The highest BCUT2D eigenvalue weighted by atomic mass is 35.5. The molecule has 20 heavy (non-hydrogen) atoms. The molecule has 2 rings (SSSR count). The van der Waals surface area contributed by atoms with Gasteiger partial charge in [-0.25, -0.2) is 4.39 Å². The summed E-state index contributed by atoms with van der Waals surface area (Å²) in [4.78, 5) is 12.5. The maximum atomic E-state index is 13.8. The van der Waals surface area contributed by atoms with E-state index in [9.17, 15) is 9.18 Å². The van der Waals surface area contributed by atoms with Crippen molar-refractivity contribution in [1.29, 1.82) is 0 Å². The number of carboxylic acids is 1. The molecule has 0 aliphatic rings. The third-order valence-corrected chi connectivity index (χ3v) is 3.21. The van der Waals surface area contributed by atoms with Crippen molar-refractivity contribution in [1.82, 2.24) is 0 Å². The van der Waals surface area contributed by atoms with E-state index in [2.05, 4.69) is 0 Å². The smallest absolute Gasteiger partial charge is 0.323 e. The Kier molecular flexibility index (Phi) is 4.58. The van der Waals surface area contributed by atoms with Crippen molar-refractivity contribution in [2.75, 3.05) is 11.4 Å². The topological polar surface area (TPSA) is 40.5 Å². The summed E-state index contributed by atoms with van der Waals surface area (Å²) >= 11 is 5.98. The zero-order chi connectivity index (χ0) is 14.5. The number of aliphatic carboxylic acids is 1. The summed E-state index contributed by atoms with van der Waals surface area (Å²) in [6.07, 6.45) is 0. The van der Waals surface area contributed by atoms with Crippen LogP contribution in [0.4, 0.5) is 10.1 Å². The fourth-order valence-electron chi connectivity index (χ4n) is 1.91. The Hall–Kier alpha value is -2.07. The average molecular weight is 294 g/mol. The van der Waals surface area contributed by atoms with Gasteiger partial charge in [0, 0.05) is 22.8 Å². The van der Waals surface area contributed by atoms with E-state index in [-0.39, 0.29) is 18.1 Å². The molecule has 3 nitrogen and oxygen atoms in total. The minimum Gasteiger partial charge on any atom is -0.480 e. The lowest BCUT2D eigenvalue weighted by Gasteiger charge is -2.23. The van der Waals surface area contributed by atoms with Crippen LogP contribution >= 0.6 is 11.6 Å². The molecule has 0 heterocycles. The molecule has 0 spiro atoms. The fourth-order valence-corrected chi connectivity index (χ4v) is 2.14. The molecule has 0 saturated heterocycles. The first-order valence-corrected chi connectivity index (χ1v) is 6.40. The van der Waals surface area contributed by atoms with Gasteiger partial charge in [0.05, 0.1) is 0 Å². The van der Waals surface area contributed by atoms with Gasteiger partial charge < -0.3 is 10.0 Å². The maximum Gasteiger partial charge on any atom is 0.323 e. The Labute approximate surface area is 121 Å². The minimum atomic E-state index is -0.985.